The molecule has 0 spiro atoms. The van der Waals surface area contributed by atoms with Crippen molar-refractivity contribution in [1.82, 2.24) is 0 Å². The van der Waals surface area contributed by atoms with Crippen LogP contribution in [-0.2, 0) is 0 Å². The minimum atomic E-state index is -0.431. The van der Waals surface area contributed by atoms with Gasteiger partial charge in [0.2, 0.25) is 0 Å². The molecule has 0 aromatic rings. The second kappa shape index (κ2) is 6.73. The summed E-state index contributed by atoms with van der Waals surface area (Å²) in [6.07, 6.45) is 7.74. The molecule has 0 aromatic carbocycles. The maximum Gasteiger partial charge on any atom is 0.0404 e. The predicted molar refractivity (Wildman–Crippen MR) is 73.3 cm³/mol. The average molecular weight is 226 g/mol. The Bertz CT molecular complexity index is 147. The summed E-state index contributed by atoms with van der Waals surface area (Å²) in [6, 6.07) is 3.20. The summed E-state index contributed by atoms with van der Waals surface area (Å²) in [7, 11) is -0.431. The first kappa shape index (κ1) is 13.3. The molecule has 0 aromatic heterocycles. The molecule has 0 radical (unpaired) electrons. The Morgan fingerprint density at radius 2 is 1.33 bits per heavy atom. The fourth-order valence-corrected chi connectivity index (χ4v) is 8.10. The smallest absolute Gasteiger partial charge is 0.0404 e. The van der Waals surface area contributed by atoms with E-state index in [-0.39, 0.29) is 0 Å². The van der Waals surface area contributed by atoms with Crippen LogP contribution in [-0.4, -0.2) is 8.80 Å². The molecule has 0 saturated heterocycles. The van der Waals surface area contributed by atoms with E-state index in [0.29, 0.717) is 0 Å². The molecule has 1 fully saturated rings. The Kier molecular flexibility index (Phi) is 5.96. The van der Waals surface area contributed by atoms with Crippen molar-refractivity contribution in [1.29, 1.82) is 0 Å². The normalized spacial score (nSPS) is 19.4. The van der Waals surface area contributed by atoms with E-state index in [1.807, 2.05) is 0 Å². The number of rotatable bonds is 5. The van der Waals surface area contributed by atoms with Gasteiger partial charge in [-0.1, -0.05) is 71.9 Å². The lowest BCUT2D eigenvalue weighted by molar-refractivity contribution is 0.488. The zero-order valence-electron chi connectivity index (χ0n) is 11.3. The quantitative estimate of drug-likeness (QED) is 0.587. The van der Waals surface area contributed by atoms with Crippen LogP contribution in [0.4, 0.5) is 0 Å². The highest BCUT2D eigenvalue weighted by Crippen LogP contribution is 2.36. The molecule has 15 heavy (non-hydrogen) atoms. The molecule has 0 aliphatic heterocycles. The molecule has 0 bridgehead atoms. The van der Waals surface area contributed by atoms with Gasteiger partial charge in [-0.05, 0) is 17.4 Å². The lowest BCUT2D eigenvalue weighted by Gasteiger charge is -2.31. The highest BCUT2D eigenvalue weighted by atomic mass is 28.3. The fourth-order valence-electron chi connectivity index (χ4n) is 3.30. The molecule has 90 valence electrons. The van der Waals surface area contributed by atoms with E-state index in [1.165, 1.54) is 24.8 Å². The van der Waals surface area contributed by atoms with Crippen LogP contribution in [0, 0.1) is 11.8 Å². The van der Waals surface area contributed by atoms with Crippen LogP contribution in [0.3, 0.4) is 0 Å². The zero-order valence-corrected chi connectivity index (χ0v) is 12.4. The molecule has 1 aliphatic rings. The van der Waals surface area contributed by atoms with Crippen molar-refractivity contribution in [3.63, 3.8) is 0 Å². The van der Waals surface area contributed by atoms with Gasteiger partial charge < -0.3 is 0 Å². The van der Waals surface area contributed by atoms with Crippen LogP contribution in [0.15, 0.2) is 0 Å². The molecule has 0 atom stereocenters. The van der Waals surface area contributed by atoms with Gasteiger partial charge in [0.15, 0.2) is 0 Å². The van der Waals surface area contributed by atoms with Crippen molar-refractivity contribution in [3.05, 3.63) is 0 Å². The maximum absolute atomic E-state index is 2.42. The van der Waals surface area contributed by atoms with Crippen molar-refractivity contribution in [2.24, 2.45) is 11.8 Å². The molecule has 0 N–H and O–H groups in total. The minimum Gasteiger partial charge on any atom is -0.0631 e. The van der Waals surface area contributed by atoms with Gasteiger partial charge in [-0.2, -0.15) is 0 Å². The van der Waals surface area contributed by atoms with E-state index < -0.39 is 8.80 Å². The van der Waals surface area contributed by atoms with E-state index >= 15 is 0 Å². The van der Waals surface area contributed by atoms with Crippen molar-refractivity contribution in [3.8, 4) is 0 Å². The van der Waals surface area contributed by atoms with Gasteiger partial charge in [0, 0.05) is 8.80 Å². The molecule has 0 unspecified atom stereocenters. The first-order valence-electron chi connectivity index (χ1n) is 7.09. The van der Waals surface area contributed by atoms with Crippen LogP contribution in [0.25, 0.3) is 0 Å². The Hall–Kier alpha value is 0.217. The van der Waals surface area contributed by atoms with Gasteiger partial charge in [-0.15, -0.1) is 0 Å². The highest BCUT2D eigenvalue weighted by molar-refractivity contribution is 6.60. The molecule has 0 nitrogen and oxygen atoms in total. The van der Waals surface area contributed by atoms with E-state index in [9.17, 15) is 0 Å². The molecule has 1 rings (SSSR count). The zero-order chi connectivity index (χ0) is 11.3. The van der Waals surface area contributed by atoms with E-state index in [0.717, 1.165) is 11.8 Å². The first-order valence-corrected chi connectivity index (χ1v) is 9.39. The summed E-state index contributed by atoms with van der Waals surface area (Å²) < 4.78 is 0. The summed E-state index contributed by atoms with van der Waals surface area (Å²) in [5.74, 6) is 1.89. The van der Waals surface area contributed by atoms with Crippen molar-refractivity contribution in [2.45, 2.75) is 77.4 Å². The summed E-state index contributed by atoms with van der Waals surface area (Å²) in [5.41, 5.74) is 1.20. The van der Waals surface area contributed by atoms with Gasteiger partial charge in [-0.3, -0.25) is 0 Å². The largest absolute Gasteiger partial charge is 0.0631 e. The molecule has 1 heteroatoms. The highest BCUT2D eigenvalue weighted by Gasteiger charge is 2.25. The Balaban J connectivity index is 2.45. The SMILES string of the molecule is CC(C)C[SiH](CC(C)C)C1CCCCC1. The van der Waals surface area contributed by atoms with Gasteiger partial charge in [0.05, 0.1) is 0 Å². The minimum absolute atomic E-state index is 0.431. The molecular weight excluding hydrogens is 196 g/mol. The Morgan fingerprint density at radius 1 is 0.867 bits per heavy atom. The molecule has 1 aliphatic carbocycles. The molecule has 1 saturated carbocycles. The topological polar surface area (TPSA) is 0 Å². The van der Waals surface area contributed by atoms with Crippen LogP contribution >= 0.6 is 0 Å². The average Bonchev–Trinajstić information content (AvgIpc) is 2.17. The summed E-state index contributed by atoms with van der Waals surface area (Å²) in [4.78, 5) is 0. The number of hydrogen-bond acceptors (Lipinski definition) is 0. The summed E-state index contributed by atoms with van der Waals surface area (Å²) in [5, 5.41) is 0. The fraction of sp³-hybridized carbons (Fsp3) is 1.00. The first-order chi connectivity index (χ1) is 7.09. The standard InChI is InChI=1S/C14H30Si/c1-12(2)10-15(11-13(3)4)14-8-6-5-7-9-14/h12-15H,5-11H2,1-4H3. The number of hydrogen-bond donors (Lipinski definition) is 0. The third-order valence-corrected chi connectivity index (χ3v) is 8.96. The van der Waals surface area contributed by atoms with E-state index in [2.05, 4.69) is 27.7 Å². The van der Waals surface area contributed by atoms with Gasteiger partial charge in [0.25, 0.3) is 0 Å². The van der Waals surface area contributed by atoms with Crippen LogP contribution < -0.4 is 0 Å². The molecule has 0 heterocycles. The van der Waals surface area contributed by atoms with Gasteiger partial charge >= 0.3 is 0 Å². The van der Waals surface area contributed by atoms with E-state index in [1.54, 1.807) is 24.9 Å². The predicted octanol–water partition coefficient (Wildman–Crippen LogP) is 4.86. The third-order valence-electron chi connectivity index (χ3n) is 3.86. The van der Waals surface area contributed by atoms with Gasteiger partial charge in [-0.25, -0.2) is 0 Å². The van der Waals surface area contributed by atoms with Gasteiger partial charge in [0.1, 0.15) is 0 Å². The lowest BCUT2D eigenvalue weighted by Crippen LogP contribution is -2.26. The second-order valence-corrected chi connectivity index (χ2v) is 9.82. The lowest BCUT2D eigenvalue weighted by atomic mass is 10.0. The second-order valence-electron chi connectivity index (χ2n) is 6.42. The molecular formula is C14H30Si. The monoisotopic (exact) mass is 226 g/mol. The van der Waals surface area contributed by atoms with Crippen LogP contribution in [0.1, 0.15) is 59.8 Å². The summed E-state index contributed by atoms with van der Waals surface area (Å²) in [6.45, 7) is 9.68. The van der Waals surface area contributed by atoms with Crippen molar-refractivity contribution in [2.75, 3.05) is 0 Å². The third kappa shape index (κ3) is 5.19. The maximum atomic E-state index is 2.42. The van der Waals surface area contributed by atoms with Crippen LogP contribution in [0.2, 0.25) is 17.6 Å². The Morgan fingerprint density at radius 3 is 1.73 bits per heavy atom. The van der Waals surface area contributed by atoms with Crippen LogP contribution in [0.5, 0.6) is 0 Å². The summed E-state index contributed by atoms with van der Waals surface area (Å²) >= 11 is 0. The van der Waals surface area contributed by atoms with Crippen molar-refractivity contribution >= 4 is 8.80 Å². The van der Waals surface area contributed by atoms with Crippen molar-refractivity contribution < 1.29 is 0 Å². The van der Waals surface area contributed by atoms with E-state index in [4.69, 9.17) is 0 Å². The molecule has 0 amide bonds. The Labute approximate surface area is 98.5 Å².